The van der Waals surface area contributed by atoms with Crippen molar-refractivity contribution >= 4 is 36.0 Å². The average Bonchev–Trinajstić information content (AvgIpc) is 2.38. The van der Waals surface area contributed by atoms with Crippen LogP contribution in [0, 0.1) is 5.92 Å². The van der Waals surface area contributed by atoms with Gasteiger partial charge in [0, 0.05) is 44.1 Å². The summed E-state index contributed by atoms with van der Waals surface area (Å²) in [6, 6.07) is 0.257. The highest BCUT2D eigenvalue weighted by Gasteiger charge is 2.22. The standard InChI is InChI=1S/C12H22N2O3S.ClH/c1-9(12(16)17-3)7-14(2)11(15)6-10-8-18-5-4-13-10;/h9-10,13H,4-8H2,1-3H3;1H. The van der Waals surface area contributed by atoms with E-state index >= 15 is 0 Å². The van der Waals surface area contributed by atoms with Gasteiger partial charge in [0.25, 0.3) is 0 Å². The number of amides is 1. The smallest absolute Gasteiger partial charge is 0.310 e. The van der Waals surface area contributed by atoms with Crippen LogP contribution in [0.1, 0.15) is 13.3 Å². The molecule has 7 heteroatoms. The van der Waals surface area contributed by atoms with Crippen molar-refractivity contribution in [3.63, 3.8) is 0 Å². The molecule has 1 fully saturated rings. The van der Waals surface area contributed by atoms with Crippen LogP contribution in [0.3, 0.4) is 0 Å². The number of carbonyl (C=O) groups excluding carboxylic acids is 2. The number of hydrogen-bond acceptors (Lipinski definition) is 5. The molecule has 0 radical (unpaired) electrons. The van der Waals surface area contributed by atoms with E-state index in [0.717, 1.165) is 18.1 Å². The highest BCUT2D eigenvalue weighted by molar-refractivity contribution is 7.99. The summed E-state index contributed by atoms with van der Waals surface area (Å²) in [6.07, 6.45) is 0.497. The minimum Gasteiger partial charge on any atom is -0.469 e. The third-order valence-corrected chi connectivity index (χ3v) is 4.13. The molecule has 0 spiro atoms. The molecule has 1 aliphatic rings. The van der Waals surface area contributed by atoms with Crippen LogP contribution in [0.25, 0.3) is 0 Å². The van der Waals surface area contributed by atoms with E-state index < -0.39 is 0 Å². The summed E-state index contributed by atoms with van der Waals surface area (Å²) < 4.78 is 4.65. The summed E-state index contributed by atoms with van der Waals surface area (Å²) >= 11 is 1.87. The molecule has 1 aliphatic heterocycles. The van der Waals surface area contributed by atoms with Crippen LogP contribution in [-0.2, 0) is 14.3 Å². The second kappa shape index (κ2) is 9.44. The molecule has 0 aromatic heterocycles. The van der Waals surface area contributed by atoms with E-state index in [4.69, 9.17) is 0 Å². The number of halogens is 1. The lowest BCUT2D eigenvalue weighted by Gasteiger charge is -2.26. The minimum absolute atomic E-state index is 0. The maximum atomic E-state index is 12.0. The van der Waals surface area contributed by atoms with Gasteiger partial charge in [-0.25, -0.2) is 0 Å². The lowest BCUT2D eigenvalue weighted by atomic mass is 10.1. The zero-order valence-electron chi connectivity index (χ0n) is 11.7. The predicted molar refractivity (Wildman–Crippen MR) is 79.8 cm³/mol. The first-order valence-corrected chi connectivity index (χ1v) is 7.33. The predicted octanol–water partition coefficient (Wildman–Crippen LogP) is 0.771. The number of esters is 1. The molecule has 0 saturated carbocycles. The molecule has 0 aliphatic carbocycles. The van der Waals surface area contributed by atoms with E-state index in [1.165, 1.54) is 7.11 Å². The highest BCUT2D eigenvalue weighted by atomic mass is 35.5. The van der Waals surface area contributed by atoms with E-state index in [2.05, 4.69) is 10.1 Å². The van der Waals surface area contributed by atoms with Crippen molar-refractivity contribution in [2.24, 2.45) is 5.92 Å². The molecule has 19 heavy (non-hydrogen) atoms. The van der Waals surface area contributed by atoms with Crippen molar-refractivity contribution in [3.8, 4) is 0 Å². The van der Waals surface area contributed by atoms with Crippen molar-refractivity contribution in [2.45, 2.75) is 19.4 Å². The largest absolute Gasteiger partial charge is 0.469 e. The molecular formula is C12H23ClN2O3S. The Hall–Kier alpha value is -0.460. The summed E-state index contributed by atoms with van der Waals surface area (Å²) in [5, 5.41) is 3.33. The van der Waals surface area contributed by atoms with E-state index in [1.54, 1.807) is 18.9 Å². The second-order valence-electron chi connectivity index (χ2n) is 4.63. The van der Waals surface area contributed by atoms with Gasteiger partial charge >= 0.3 is 5.97 Å². The third kappa shape index (κ3) is 6.49. The Labute approximate surface area is 125 Å². The summed E-state index contributed by atoms with van der Waals surface area (Å²) in [5.41, 5.74) is 0. The Morgan fingerprint density at radius 2 is 2.21 bits per heavy atom. The maximum Gasteiger partial charge on any atom is 0.310 e. The van der Waals surface area contributed by atoms with Crippen LogP contribution in [0.15, 0.2) is 0 Å². The molecule has 2 atom stereocenters. The first-order valence-electron chi connectivity index (χ1n) is 6.17. The first kappa shape index (κ1) is 18.5. The van der Waals surface area contributed by atoms with Crippen molar-refractivity contribution in [3.05, 3.63) is 0 Å². The number of nitrogens with one attached hydrogen (secondary N) is 1. The molecule has 1 heterocycles. The fourth-order valence-electron chi connectivity index (χ4n) is 1.91. The summed E-state index contributed by atoms with van der Waals surface area (Å²) in [4.78, 5) is 24.9. The van der Waals surface area contributed by atoms with Gasteiger partial charge in [-0.3, -0.25) is 9.59 Å². The Balaban J connectivity index is 0.00000324. The molecule has 0 bridgehead atoms. The van der Waals surface area contributed by atoms with Crippen LogP contribution >= 0.6 is 24.2 Å². The van der Waals surface area contributed by atoms with Crippen LogP contribution in [0.5, 0.6) is 0 Å². The van der Waals surface area contributed by atoms with Gasteiger partial charge in [0.1, 0.15) is 0 Å². The average molecular weight is 311 g/mol. The lowest BCUT2D eigenvalue weighted by molar-refractivity contribution is -0.146. The molecule has 0 aromatic carbocycles. The molecule has 5 nitrogen and oxygen atoms in total. The van der Waals surface area contributed by atoms with Crippen molar-refractivity contribution in [1.29, 1.82) is 0 Å². The summed E-state index contributed by atoms with van der Waals surface area (Å²) in [7, 11) is 3.10. The number of methoxy groups -OCH3 is 1. The van der Waals surface area contributed by atoms with Crippen molar-refractivity contribution < 1.29 is 14.3 Å². The second-order valence-corrected chi connectivity index (χ2v) is 5.78. The molecule has 1 amide bonds. The fraction of sp³-hybridized carbons (Fsp3) is 0.833. The first-order chi connectivity index (χ1) is 8.54. The van der Waals surface area contributed by atoms with Gasteiger partial charge in [0.15, 0.2) is 0 Å². The van der Waals surface area contributed by atoms with Crippen molar-refractivity contribution in [2.75, 3.05) is 38.8 Å². The van der Waals surface area contributed by atoms with Gasteiger partial charge in [0.05, 0.1) is 13.0 Å². The zero-order valence-corrected chi connectivity index (χ0v) is 13.3. The maximum absolute atomic E-state index is 12.0. The Kier molecular flexibility index (Phi) is 9.22. The van der Waals surface area contributed by atoms with Crippen LogP contribution in [0.4, 0.5) is 0 Å². The summed E-state index contributed by atoms with van der Waals surface area (Å²) in [5.74, 6) is 1.61. The number of thioether (sulfide) groups is 1. The van der Waals surface area contributed by atoms with Gasteiger partial charge in [-0.1, -0.05) is 6.92 Å². The number of hydrogen-bond donors (Lipinski definition) is 1. The molecule has 1 saturated heterocycles. The number of carbonyl (C=O) groups is 2. The van der Waals surface area contributed by atoms with E-state index in [-0.39, 0.29) is 36.2 Å². The molecule has 1 rings (SSSR count). The number of ether oxygens (including phenoxy) is 1. The topological polar surface area (TPSA) is 58.6 Å². The molecule has 1 N–H and O–H groups in total. The van der Waals surface area contributed by atoms with Gasteiger partial charge in [-0.05, 0) is 0 Å². The van der Waals surface area contributed by atoms with Crippen molar-refractivity contribution in [1.82, 2.24) is 10.2 Å². The number of nitrogens with zero attached hydrogens (tertiary/aromatic N) is 1. The quantitative estimate of drug-likeness (QED) is 0.760. The molecule has 0 aromatic rings. The van der Waals surface area contributed by atoms with Gasteiger partial charge in [-0.2, -0.15) is 11.8 Å². The van der Waals surface area contributed by atoms with Crippen LogP contribution < -0.4 is 5.32 Å². The Morgan fingerprint density at radius 3 is 2.74 bits per heavy atom. The van der Waals surface area contributed by atoms with E-state index in [0.29, 0.717) is 13.0 Å². The fourth-order valence-corrected chi connectivity index (χ4v) is 2.85. The van der Waals surface area contributed by atoms with Gasteiger partial charge in [-0.15, -0.1) is 12.4 Å². The lowest BCUT2D eigenvalue weighted by Crippen LogP contribution is -2.43. The SMILES string of the molecule is COC(=O)C(C)CN(C)C(=O)CC1CSCCN1.Cl. The summed E-state index contributed by atoms with van der Waals surface area (Å²) in [6.45, 7) is 3.14. The molecular weight excluding hydrogens is 288 g/mol. The third-order valence-electron chi connectivity index (χ3n) is 3.00. The van der Waals surface area contributed by atoms with Crippen LogP contribution in [-0.4, -0.2) is 61.6 Å². The van der Waals surface area contributed by atoms with Gasteiger partial charge in [0.2, 0.25) is 5.91 Å². The van der Waals surface area contributed by atoms with E-state index in [9.17, 15) is 9.59 Å². The molecule has 112 valence electrons. The van der Waals surface area contributed by atoms with E-state index in [1.807, 2.05) is 11.8 Å². The Morgan fingerprint density at radius 1 is 1.53 bits per heavy atom. The minimum atomic E-state index is -0.280. The zero-order chi connectivity index (χ0) is 13.5. The number of rotatable bonds is 5. The highest BCUT2D eigenvalue weighted by Crippen LogP contribution is 2.11. The Bertz CT molecular complexity index is 299. The normalized spacial score (nSPS) is 20.1. The molecule has 2 unspecified atom stereocenters. The monoisotopic (exact) mass is 310 g/mol. The van der Waals surface area contributed by atoms with Crippen LogP contribution in [0.2, 0.25) is 0 Å². The van der Waals surface area contributed by atoms with Gasteiger partial charge < -0.3 is 15.0 Å².